The van der Waals surface area contributed by atoms with Crippen molar-refractivity contribution in [2.75, 3.05) is 0 Å². The summed E-state index contributed by atoms with van der Waals surface area (Å²) in [4.78, 5) is 11.8. The van der Waals surface area contributed by atoms with Gasteiger partial charge in [0.25, 0.3) is 0 Å². The number of aryl methyl sites for hydroxylation is 1. The van der Waals surface area contributed by atoms with Gasteiger partial charge in [-0.05, 0) is 32.4 Å². The number of carbonyl (C=O) groups excluding carboxylic acids is 1. The standard InChI is InChI=1S/C13H18N2O2/c1-4-5-11(8-14)13(16)15-10(3)12-7-6-9(2)17-12/h6-7,10-11H,4-5H2,1-3H3,(H,15,16). The number of amides is 1. The number of carbonyl (C=O) groups is 1. The molecular formula is C13H18N2O2. The second-order valence-corrected chi connectivity index (χ2v) is 4.15. The van der Waals surface area contributed by atoms with Gasteiger partial charge in [-0.15, -0.1) is 0 Å². The van der Waals surface area contributed by atoms with E-state index in [9.17, 15) is 4.79 Å². The molecule has 1 aromatic rings. The zero-order chi connectivity index (χ0) is 12.8. The Hall–Kier alpha value is -1.76. The molecule has 2 unspecified atom stereocenters. The Morgan fingerprint density at radius 2 is 2.29 bits per heavy atom. The summed E-state index contributed by atoms with van der Waals surface area (Å²) in [5.41, 5.74) is 0. The van der Waals surface area contributed by atoms with Gasteiger partial charge >= 0.3 is 0 Å². The summed E-state index contributed by atoms with van der Waals surface area (Å²) in [6, 6.07) is 5.51. The van der Waals surface area contributed by atoms with Crippen molar-refractivity contribution < 1.29 is 9.21 Å². The third-order valence-electron chi connectivity index (χ3n) is 2.60. The van der Waals surface area contributed by atoms with E-state index in [0.717, 1.165) is 12.2 Å². The fraction of sp³-hybridized carbons (Fsp3) is 0.538. The van der Waals surface area contributed by atoms with Crippen molar-refractivity contribution in [1.29, 1.82) is 5.26 Å². The van der Waals surface area contributed by atoms with Crippen LogP contribution in [-0.4, -0.2) is 5.91 Å². The number of rotatable bonds is 5. The molecule has 0 bridgehead atoms. The minimum absolute atomic E-state index is 0.205. The Morgan fingerprint density at radius 1 is 1.59 bits per heavy atom. The molecule has 1 rings (SSSR count). The summed E-state index contributed by atoms with van der Waals surface area (Å²) in [5.74, 6) is 0.727. The number of hydrogen-bond donors (Lipinski definition) is 1. The molecule has 1 amide bonds. The van der Waals surface area contributed by atoms with Crippen molar-refractivity contribution >= 4 is 5.91 Å². The Labute approximate surface area is 102 Å². The molecule has 4 nitrogen and oxygen atoms in total. The van der Waals surface area contributed by atoms with Crippen LogP contribution in [0.3, 0.4) is 0 Å². The Morgan fingerprint density at radius 3 is 2.76 bits per heavy atom. The molecule has 2 atom stereocenters. The molecule has 92 valence electrons. The van der Waals surface area contributed by atoms with E-state index >= 15 is 0 Å². The topological polar surface area (TPSA) is 66.0 Å². The maximum Gasteiger partial charge on any atom is 0.237 e. The van der Waals surface area contributed by atoms with Crippen LogP contribution in [0.4, 0.5) is 0 Å². The SMILES string of the molecule is CCCC(C#N)C(=O)NC(C)c1ccc(C)o1. The van der Waals surface area contributed by atoms with Crippen molar-refractivity contribution in [3.05, 3.63) is 23.7 Å². The minimum atomic E-state index is -0.571. The lowest BCUT2D eigenvalue weighted by Crippen LogP contribution is -2.32. The van der Waals surface area contributed by atoms with Crippen molar-refractivity contribution in [3.63, 3.8) is 0 Å². The summed E-state index contributed by atoms with van der Waals surface area (Å²) < 4.78 is 5.42. The first-order valence-electron chi connectivity index (χ1n) is 5.84. The average Bonchev–Trinajstić information content (AvgIpc) is 2.72. The lowest BCUT2D eigenvalue weighted by Gasteiger charge is -2.14. The third kappa shape index (κ3) is 3.63. The van der Waals surface area contributed by atoms with Crippen molar-refractivity contribution in [1.82, 2.24) is 5.32 Å². The lowest BCUT2D eigenvalue weighted by atomic mass is 10.0. The van der Waals surface area contributed by atoms with Crippen LogP contribution in [0.25, 0.3) is 0 Å². The van der Waals surface area contributed by atoms with Crippen LogP contribution in [0.15, 0.2) is 16.5 Å². The number of furan rings is 1. The zero-order valence-electron chi connectivity index (χ0n) is 10.5. The van der Waals surface area contributed by atoms with E-state index in [-0.39, 0.29) is 11.9 Å². The third-order valence-corrected chi connectivity index (χ3v) is 2.60. The molecule has 0 aromatic carbocycles. The van der Waals surface area contributed by atoms with Crippen LogP contribution < -0.4 is 5.32 Å². The van der Waals surface area contributed by atoms with Crippen LogP contribution in [-0.2, 0) is 4.79 Å². The van der Waals surface area contributed by atoms with Gasteiger partial charge in [0.1, 0.15) is 17.4 Å². The van der Waals surface area contributed by atoms with Crippen molar-refractivity contribution in [3.8, 4) is 6.07 Å². The maximum atomic E-state index is 11.8. The number of nitrogens with one attached hydrogen (secondary N) is 1. The van der Waals surface area contributed by atoms with Gasteiger partial charge in [0.05, 0.1) is 12.1 Å². The summed E-state index contributed by atoms with van der Waals surface area (Å²) in [6.07, 6.45) is 1.41. The highest BCUT2D eigenvalue weighted by molar-refractivity contribution is 5.81. The van der Waals surface area contributed by atoms with Gasteiger partial charge in [0.15, 0.2) is 0 Å². The van der Waals surface area contributed by atoms with Gasteiger partial charge in [-0.1, -0.05) is 13.3 Å². The first-order valence-corrected chi connectivity index (χ1v) is 5.84. The van der Waals surface area contributed by atoms with E-state index in [1.165, 1.54) is 0 Å². The van der Waals surface area contributed by atoms with Gasteiger partial charge in [0.2, 0.25) is 5.91 Å². The summed E-state index contributed by atoms with van der Waals surface area (Å²) in [5, 5.41) is 11.7. The Kier molecular flexibility index (Phi) is 4.77. The van der Waals surface area contributed by atoms with Gasteiger partial charge in [-0.2, -0.15) is 5.26 Å². The van der Waals surface area contributed by atoms with Gasteiger partial charge in [-0.3, -0.25) is 4.79 Å². The average molecular weight is 234 g/mol. The minimum Gasteiger partial charge on any atom is -0.464 e. The number of nitrogens with zero attached hydrogens (tertiary/aromatic N) is 1. The predicted octanol–water partition coefficient (Wildman–Crippen LogP) is 2.71. The smallest absolute Gasteiger partial charge is 0.237 e. The second kappa shape index (κ2) is 6.09. The highest BCUT2D eigenvalue weighted by Crippen LogP contribution is 2.16. The normalized spacial score (nSPS) is 13.8. The van der Waals surface area contributed by atoms with Crippen LogP contribution in [0.1, 0.15) is 44.3 Å². The van der Waals surface area contributed by atoms with Crippen molar-refractivity contribution in [2.45, 2.75) is 39.7 Å². The molecule has 0 aliphatic rings. The van der Waals surface area contributed by atoms with E-state index in [0.29, 0.717) is 12.2 Å². The lowest BCUT2D eigenvalue weighted by molar-refractivity contribution is -0.124. The first-order chi connectivity index (χ1) is 8.08. The first kappa shape index (κ1) is 13.3. The molecule has 0 spiro atoms. The molecule has 1 aromatic heterocycles. The fourth-order valence-corrected chi connectivity index (χ4v) is 1.61. The second-order valence-electron chi connectivity index (χ2n) is 4.15. The quantitative estimate of drug-likeness (QED) is 0.851. The van der Waals surface area contributed by atoms with E-state index in [2.05, 4.69) is 5.32 Å². The van der Waals surface area contributed by atoms with Gasteiger partial charge in [-0.25, -0.2) is 0 Å². The molecule has 0 aliphatic carbocycles. The largest absolute Gasteiger partial charge is 0.464 e. The Balaban J connectivity index is 2.59. The van der Waals surface area contributed by atoms with Gasteiger partial charge < -0.3 is 9.73 Å². The van der Waals surface area contributed by atoms with Crippen LogP contribution in [0.5, 0.6) is 0 Å². The fourth-order valence-electron chi connectivity index (χ4n) is 1.61. The van der Waals surface area contributed by atoms with Crippen LogP contribution in [0, 0.1) is 24.2 Å². The van der Waals surface area contributed by atoms with Crippen molar-refractivity contribution in [2.24, 2.45) is 5.92 Å². The van der Waals surface area contributed by atoms with E-state index < -0.39 is 5.92 Å². The van der Waals surface area contributed by atoms with Gasteiger partial charge in [0, 0.05) is 0 Å². The molecule has 0 saturated carbocycles. The van der Waals surface area contributed by atoms with Crippen LogP contribution in [0.2, 0.25) is 0 Å². The highest BCUT2D eigenvalue weighted by atomic mass is 16.3. The molecule has 1 N–H and O–H groups in total. The summed E-state index contributed by atoms with van der Waals surface area (Å²) in [6.45, 7) is 5.65. The monoisotopic (exact) mass is 234 g/mol. The highest BCUT2D eigenvalue weighted by Gasteiger charge is 2.20. The molecule has 0 saturated heterocycles. The predicted molar refractivity (Wildman–Crippen MR) is 64.0 cm³/mol. The maximum absolute atomic E-state index is 11.8. The molecule has 0 radical (unpaired) electrons. The Bertz CT molecular complexity index is 417. The number of hydrogen-bond acceptors (Lipinski definition) is 3. The van der Waals surface area contributed by atoms with E-state index in [4.69, 9.17) is 9.68 Å². The molecule has 0 fully saturated rings. The van der Waals surface area contributed by atoms with E-state index in [1.54, 1.807) is 0 Å². The summed E-state index contributed by atoms with van der Waals surface area (Å²) >= 11 is 0. The molecule has 1 heterocycles. The molecular weight excluding hydrogens is 216 g/mol. The van der Waals surface area contributed by atoms with E-state index in [1.807, 2.05) is 39.0 Å². The summed E-state index contributed by atoms with van der Waals surface area (Å²) in [7, 11) is 0. The zero-order valence-corrected chi connectivity index (χ0v) is 10.5. The number of nitriles is 1. The van der Waals surface area contributed by atoms with Crippen LogP contribution >= 0.6 is 0 Å². The molecule has 4 heteroatoms. The molecule has 0 aliphatic heterocycles. The molecule has 17 heavy (non-hydrogen) atoms.